The van der Waals surface area contributed by atoms with E-state index in [-0.39, 0.29) is 0 Å². The molecule has 1 saturated heterocycles. The maximum atomic E-state index is 6.24. The molecule has 1 fully saturated rings. The standard InChI is InChI=1S/C17H20ClN3/c1-14-12-16(6-7-19-14)21-10-8-20(9-11-21)13-15-4-2-3-5-17(15)18/h2-7,12H,8-11,13H2,1H3. The summed E-state index contributed by atoms with van der Waals surface area (Å²) in [6.07, 6.45) is 1.89. The molecule has 110 valence electrons. The Morgan fingerprint density at radius 3 is 2.57 bits per heavy atom. The number of aromatic nitrogens is 1. The fraction of sp³-hybridized carbons (Fsp3) is 0.353. The van der Waals surface area contributed by atoms with Gasteiger partial charge in [0.25, 0.3) is 0 Å². The molecule has 3 nitrogen and oxygen atoms in total. The molecular formula is C17H20ClN3. The minimum Gasteiger partial charge on any atom is -0.369 e. The Kier molecular flexibility index (Phi) is 4.42. The molecule has 0 aliphatic carbocycles. The summed E-state index contributed by atoms with van der Waals surface area (Å²) in [7, 11) is 0. The van der Waals surface area contributed by atoms with Gasteiger partial charge in [-0.25, -0.2) is 0 Å². The summed E-state index contributed by atoms with van der Waals surface area (Å²) < 4.78 is 0. The van der Waals surface area contributed by atoms with Crippen LogP contribution in [0.5, 0.6) is 0 Å². The Morgan fingerprint density at radius 1 is 1.10 bits per heavy atom. The van der Waals surface area contributed by atoms with Crippen molar-refractivity contribution in [1.29, 1.82) is 0 Å². The molecule has 0 amide bonds. The van der Waals surface area contributed by atoms with Crippen molar-refractivity contribution in [2.24, 2.45) is 0 Å². The summed E-state index contributed by atoms with van der Waals surface area (Å²) in [4.78, 5) is 9.16. The van der Waals surface area contributed by atoms with E-state index in [2.05, 4.69) is 39.0 Å². The number of rotatable bonds is 3. The molecule has 0 N–H and O–H groups in total. The minimum atomic E-state index is 0.865. The first-order chi connectivity index (χ1) is 10.2. The van der Waals surface area contributed by atoms with Crippen LogP contribution in [-0.2, 0) is 6.54 Å². The van der Waals surface area contributed by atoms with Gasteiger partial charge in [0.2, 0.25) is 0 Å². The van der Waals surface area contributed by atoms with Crippen LogP contribution in [0.1, 0.15) is 11.3 Å². The van der Waals surface area contributed by atoms with Crippen LogP contribution in [0.2, 0.25) is 5.02 Å². The van der Waals surface area contributed by atoms with Gasteiger partial charge in [0, 0.05) is 55.3 Å². The van der Waals surface area contributed by atoms with Crippen molar-refractivity contribution in [3.05, 3.63) is 58.9 Å². The Hall–Kier alpha value is -1.58. The molecular weight excluding hydrogens is 282 g/mol. The predicted molar refractivity (Wildman–Crippen MR) is 87.9 cm³/mol. The lowest BCUT2D eigenvalue weighted by molar-refractivity contribution is 0.250. The van der Waals surface area contributed by atoms with Gasteiger partial charge in [-0.3, -0.25) is 9.88 Å². The zero-order valence-electron chi connectivity index (χ0n) is 12.3. The van der Waals surface area contributed by atoms with E-state index in [0.29, 0.717) is 0 Å². The van der Waals surface area contributed by atoms with E-state index in [1.54, 1.807) is 0 Å². The highest BCUT2D eigenvalue weighted by Gasteiger charge is 2.18. The molecule has 0 unspecified atom stereocenters. The first-order valence-corrected chi connectivity index (χ1v) is 7.73. The minimum absolute atomic E-state index is 0.865. The lowest BCUT2D eigenvalue weighted by Crippen LogP contribution is -2.46. The summed E-state index contributed by atoms with van der Waals surface area (Å²) in [6, 6.07) is 12.4. The molecule has 2 aromatic rings. The van der Waals surface area contributed by atoms with E-state index in [0.717, 1.165) is 43.4 Å². The van der Waals surface area contributed by atoms with E-state index in [4.69, 9.17) is 11.6 Å². The summed E-state index contributed by atoms with van der Waals surface area (Å²) in [5, 5.41) is 0.865. The summed E-state index contributed by atoms with van der Waals surface area (Å²) in [5.74, 6) is 0. The topological polar surface area (TPSA) is 19.4 Å². The Morgan fingerprint density at radius 2 is 1.86 bits per heavy atom. The van der Waals surface area contributed by atoms with Crippen molar-refractivity contribution in [2.45, 2.75) is 13.5 Å². The van der Waals surface area contributed by atoms with E-state index in [1.807, 2.05) is 25.3 Å². The van der Waals surface area contributed by atoms with Crippen molar-refractivity contribution < 1.29 is 0 Å². The number of aryl methyl sites for hydroxylation is 1. The maximum Gasteiger partial charge on any atom is 0.0451 e. The quantitative estimate of drug-likeness (QED) is 0.866. The van der Waals surface area contributed by atoms with E-state index >= 15 is 0 Å². The summed E-state index contributed by atoms with van der Waals surface area (Å²) >= 11 is 6.24. The van der Waals surface area contributed by atoms with Gasteiger partial charge in [-0.05, 0) is 30.7 Å². The van der Waals surface area contributed by atoms with Crippen LogP contribution in [-0.4, -0.2) is 36.1 Å². The van der Waals surface area contributed by atoms with Crippen LogP contribution < -0.4 is 4.90 Å². The number of nitrogens with zero attached hydrogens (tertiary/aromatic N) is 3. The fourth-order valence-electron chi connectivity index (χ4n) is 2.76. The predicted octanol–water partition coefficient (Wildman–Crippen LogP) is 3.37. The molecule has 0 bridgehead atoms. The third-order valence-corrected chi connectivity index (χ3v) is 4.34. The molecule has 0 atom stereocenters. The molecule has 3 rings (SSSR count). The molecule has 0 spiro atoms. The Labute approximate surface area is 131 Å². The monoisotopic (exact) mass is 301 g/mol. The molecule has 21 heavy (non-hydrogen) atoms. The number of hydrogen-bond acceptors (Lipinski definition) is 3. The summed E-state index contributed by atoms with van der Waals surface area (Å²) in [5.41, 5.74) is 3.57. The molecule has 1 aromatic heterocycles. The first kappa shape index (κ1) is 14.4. The van der Waals surface area contributed by atoms with Crippen LogP contribution in [0.3, 0.4) is 0 Å². The highest BCUT2D eigenvalue weighted by atomic mass is 35.5. The molecule has 0 radical (unpaired) electrons. The van der Waals surface area contributed by atoms with Crippen molar-refractivity contribution in [2.75, 3.05) is 31.1 Å². The maximum absolute atomic E-state index is 6.24. The van der Waals surface area contributed by atoms with Gasteiger partial charge in [0.1, 0.15) is 0 Å². The smallest absolute Gasteiger partial charge is 0.0451 e. The van der Waals surface area contributed by atoms with Gasteiger partial charge in [-0.1, -0.05) is 29.8 Å². The third kappa shape index (κ3) is 3.55. The third-order valence-electron chi connectivity index (χ3n) is 3.97. The molecule has 4 heteroatoms. The highest BCUT2D eigenvalue weighted by Crippen LogP contribution is 2.20. The molecule has 1 aromatic carbocycles. The van der Waals surface area contributed by atoms with Gasteiger partial charge in [-0.2, -0.15) is 0 Å². The number of pyridine rings is 1. The van der Waals surface area contributed by atoms with Gasteiger partial charge in [-0.15, -0.1) is 0 Å². The zero-order chi connectivity index (χ0) is 14.7. The lowest BCUT2D eigenvalue weighted by atomic mass is 10.2. The Bertz CT molecular complexity index is 606. The van der Waals surface area contributed by atoms with E-state index < -0.39 is 0 Å². The SMILES string of the molecule is Cc1cc(N2CCN(Cc3ccccc3Cl)CC2)ccn1. The number of hydrogen-bond donors (Lipinski definition) is 0. The van der Waals surface area contributed by atoms with Gasteiger partial charge in [0.15, 0.2) is 0 Å². The van der Waals surface area contributed by atoms with E-state index in [9.17, 15) is 0 Å². The lowest BCUT2D eigenvalue weighted by Gasteiger charge is -2.36. The van der Waals surface area contributed by atoms with Crippen molar-refractivity contribution in [1.82, 2.24) is 9.88 Å². The number of anilines is 1. The van der Waals surface area contributed by atoms with Crippen molar-refractivity contribution >= 4 is 17.3 Å². The van der Waals surface area contributed by atoms with Crippen LogP contribution in [0.4, 0.5) is 5.69 Å². The van der Waals surface area contributed by atoms with Crippen molar-refractivity contribution in [3.8, 4) is 0 Å². The van der Waals surface area contributed by atoms with Crippen LogP contribution in [0.15, 0.2) is 42.6 Å². The fourth-order valence-corrected chi connectivity index (χ4v) is 2.95. The molecule has 0 saturated carbocycles. The number of halogens is 1. The second-order valence-electron chi connectivity index (χ2n) is 5.51. The summed E-state index contributed by atoms with van der Waals surface area (Å²) in [6.45, 7) is 7.20. The van der Waals surface area contributed by atoms with Gasteiger partial charge >= 0.3 is 0 Å². The van der Waals surface area contributed by atoms with E-state index in [1.165, 1.54) is 11.3 Å². The first-order valence-electron chi connectivity index (χ1n) is 7.36. The van der Waals surface area contributed by atoms with Crippen LogP contribution >= 0.6 is 11.6 Å². The zero-order valence-corrected chi connectivity index (χ0v) is 13.1. The number of piperazine rings is 1. The Balaban J connectivity index is 1.59. The normalized spacial score (nSPS) is 16.2. The number of benzene rings is 1. The van der Waals surface area contributed by atoms with Crippen LogP contribution in [0.25, 0.3) is 0 Å². The van der Waals surface area contributed by atoms with Gasteiger partial charge in [0.05, 0.1) is 0 Å². The van der Waals surface area contributed by atoms with Gasteiger partial charge < -0.3 is 4.90 Å². The average molecular weight is 302 g/mol. The molecule has 1 aliphatic heterocycles. The van der Waals surface area contributed by atoms with Crippen LogP contribution in [0, 0.1) is 6.92 Å². The second kappa shape index (κ2) is 6.46. The highest BCUT2D eigenvalue weighted by molar-refractivity contribution is 6.31. The average Bonchev–Trinajstić information content (AvgIpc) is 2.50. The second-order valence-corrected chi connectivity index (χ2v) is 5.92. The molecule has 1 aliphatic rings. The van der Waals surface area contributed by atoms with Crippen molar-refractivity contribution in [3.63, 3.8) is 0 Å². The molecule has 2 heterocycles. The largest absolute Gasteiger partial charge is 0.369 e.